The molecular formula is C10H12N2O4S. The number of hydrogen-bond donors (Lipinski definition) is 1. The Morgan fingerprint density at radius 2 is 2.06 bits per heavy atom. The third kappa shape index (κ3) is 3.76. The number of aliphatic imine (C=N–C) groups is 1. The monoisotopic (exact) mass is 256 g/mol. The SMILES string of the molecule is CN(C)Cc1ccc(N=C=O)cc1S(=O)(=O)O. The second-order valence-electron chi connectivity index (χ2n) is 3.71. The topological polar surface area (TPSA) is 87.0 Å². The molecule has 0 bridgehead atoms. The Morgan fingerprint density at radius 1 is 1.41 bits per heavy atom. The van der Waals surface area contributed by atoms with Crippen molar-refractivity contribution in [2.45, 2.75) is 11.4 Å². The normalized spacial score (nSPS) is 11.3. The zero-order valence-corrected chi connectivity index (χ0v) is 10.2. The van der Waals surface area contributed by atoms with Crippen molar-refractivity contribution in [3.05, 3.63) is 23.8 Å². The standard InChI is InChI=1S/C10H12N2O4S/c1-12(2)6-8-3-4-9(11-7-13)5-10(8)17(14,15)16/h3-5H,6H2,1-2H3,(H,14,15,16). The fraction of sp³-hybridized carbons (Fsp3) is 0.300. The van der Waals surface area contributed by atoms with Crippen LogP contribution < -0.4 is 0 Å². The van der Waals surface area contributed by atoms with E-state index in [1.54, 1.807) is 19.0 Å². The average Bonchev–Trinajstić information content (AvgIpc) is 2.18. The van der Waals surface area contributed by atoms with Gasteiger partial charge in [-0.05, 0) is 31.8 Å². The maximum Gasteiger partial charge on any atom is 0.294 e. The van der Waals surface area contributed by atoms with Gasteiger partial charge in [-0.25, -0.2) is 4.79 Å². The molecule has 0 aromatic heterocycles. The Balaban J connectivity index is 3.37. The molecule has 1 rings (SSSR count). The van der Waals surface area contributed by atoms with Crippen molar-refractivity contribution >= 4 is 21.9 Å². The quantitative estimate of drug-likeness (QED) is 0.492. The molecule has 1 N–H and O–H groups in total. The minimum Gasteiger partial charge on any atom is -0.305 e. The maximum atomic E-state index is 11.2. The van der Waals surface area contributed by atoms with E-state index in [9.17, 15) is 13.2 Å². The largest absolute Gasteiger partial charge is 0.305 e. The summed E-state index contributed by atoms with van der Waals surface area (Å²) in [5.41, 5.74) is 0.567. The molecule has 92 valence electrons. The van der Waals surface area contributed by atoms with Gasteiger partial charge in [0, 0.05) is 6.54 Å². The van der Waals surface area contributed by atoms with Crippen molar-refractivity contribution in [3.63, 3.8) is 0 Å². The first kappa shape index (κ1) is 13.5. The van der Waals surface area contributed by atoms with Crippen molar-refractivity contribution in [3.8, 4) is 0 Å². The van der Waals surface area contributed by atoms with Gasteiger partial charge >= 0.3 is 0 Å². The van der Waals surface area contributed by atoms with E-state index in [4.69, 9.17) is 4.55 Å². The van der Waals surface area contributed by atoms with Gasteiger partial charge in [0.25, 0.3) is 10.1 Å². The summed E-state index contributed by atoms with van der Waals surface area (Å²) in [4.78, 5) is 14.9. The fourth-order valence-corrected chi connectivity index (χ4v) is 2.11. The first-order chi connectivity index (χ1) is 7.84. The predicted molar refractivity (Wildman–Crippen MR) is 61.4 cm³/mol. The smallest absolute Gasteiger partial charge is 0.294 e. The first-order valence-corrected chi connectivity index (χ1v) is 6.11. The van der Waals surface area contributed by atoms with E-state index >= 15 is 0 Å². The first-order valence-electron chi connectivity index (χ1n) is 4.67. The van der Waals surface area contributed by atoms with Crippen LogP contribution in [0.15, 0.2) is 28.1 Å². The van der Waals surface area contributed by atoms with Crippen LogP contribution in [0.2, 0.25) is 0 Å². The summed E-state index contributed by atoms with van der Waals surface area (Å²) in [6.07, 6.45) is 1.31. The molecule has 17 heavy (non-hydrogen) atoms. The number of nitrogens with zero attached hydrogens (tertiary/aromatic N) is 2. The second kappa shape index (κ2) is 5.20. The second-order valence-corrected chi connectivity index (χ2v) is 5.10. The van der Waals surface area contributed by atoms with Gasteiger partial charge in [0.1, 0.15) is 4.90 Å². The molecule has 0 amide bonds. The lowest BCUT2D eigenvalue weighted by atomic mass is 10.2. The lowest BCUT2D eigenvalue weighted by molar-refractivity contribution is 0.397. The van der Waals surface area contributed by atoms with Crippen LogP contribution >= 0.6 is 0 Å². The molecule has 0 fully saturated rings. The molecule has 0 aliphatic carbocycles. The van der Waals surface area contributed by atoms with E-state index in [-0.39, 0.29) is 10.6 Å². The Morgan fingerprint density at radius 3 is 2.53 bits per heavy atom. The maximum absolute atomic E-state index is 11.2. The molecule has 1 aromatic rings. The van der Waals surface area contributed by atoms with E-state index in [1.807, 2.05) is 0 Å². The molecular weight excluding hydrogens is 244 g/mol. The van der Waals surface area contributed by atoms with Crippen LogP contribution in [0.5, 0.6) is 0 Å². The molecule has 0 aliphatic heterocycles. The minimum absolute atomic E-state index is 0.134. The molecule has 0 unspecified atom stereocenters. The summed E-state index contributed by atoms with van der Waals surface area (Å²) in [6.45, 7) is 0.347. The number of benzene rings is 1. The Bertz CT molecular complexity index is 560. The summed E-state index contributed by atoms with van der Waals surface area (Å²) in [6, 6.07) is 4.12. The van der Waals surface area contributed by atoms with Gasteiger partial charge in [-0.3, -0.25) is 4.55 Å². The van der Waals surface area contributed by atoms with Crippen LogP contribution in [-0.4, -0.2) is 38.0 Å². The number of carbonyl (C=O) groups excluding carboxylic acids is 1. The van der Waals surface area contributed by atoms with Crippen molar-refractivity contribution < 1.29 is 17.8 Å². The molecule has 6 nitrogen and oxygen atoms in total. The van der Waals surface area contributed by atoms with Gasteiger partial charge in [0.05, 0.1) is 5.69 Å². The molecule has 7 heteroatoms. The van der Waals surface area contributed by atoms with E-state index < -0.39 is 10.1 Å². The van der Waals surface area contributed by atoms with Gasteiger partial charge in [-0.2, -0.15) is 13.4 Å². The number of hydrogen-bond acceptors (Lipinski definition) is 5. The fourth-order valence-electron chi connectivity index (χ4n) is 1.38. The summed E-state index contributed by atoms with van der Waals surface area (Å²) < 4.78 is 31.5. The third-order valence-electron chi connectivity index (χ3n) is 1.99. The lowest BCUT2D eigenvalue weighted by Crippen LogP contribution is -2.14. The number of isocyanates is 1. The Labute approximate surface area is 99.3 Å². The summed E-state index contributed by atoms with van der Waals surface area (Å²) in [5.74, 6) is 0. The van der Waals surface area contributed by atoms with E-state index in [2.05, 4.69) is 4.99 Å². The summed E-state index contributed by atoms with van der Waals surface area (Å²) in [7, 11) is -0.798. The molecule has 0 heterocycles. The van der Waals surface area contributed by atoms with Crippen molar-refractivity contribution in [2.75, 3.05) is 14.1 Å². The van der Waals surface area contributed by atoms with Gasteiger partial charge in [-0.1, -0.05) is 6.07 Å². The van der Waals surface area contributed by atoms with Crippen LogP contribution in [0, 0.1) is 0 Å². The molecule has 0 radical (unpaired) electrons. The predicted octanol–water partition coefficient (Wildman–Crippen LogP) is 0.962. The lowest BCUT2D eigenvalue weighted by Gasteiger charge is -2.12. The van der Waals surface area contributed by atoms with Gasteiger partial charge in [0.2, 0.25) is 6.08 Å². The highest BCUT2D eigenvalue weighted by atomic mass is 32.2. The highest BCUT2D eigenvalue weighted by Gasteiger charge is 2.16. The van der Waals surface area contributed by atoms with E-state index in [1.165, 1.54) is 18.2 Å². The molecule has 0 saturated carbocycles. The van der Waals surface area contributed by atoms with Crippen LogP contribution in [-0.2, 0) is 21.5 Å². The molecule has 0 saturated heterocycles. The zero-order chi connectivity index (χ0) is 13.1. The number of rotatable bonds is 4. The Kier molecular flexibility index (Phi) is 4.14. The van der Waals surface area contributed by atoms with Crippen LogP contribution in [0.4, 0.5) is 5.69 Å². The summed E-state index contributed by atoms with van der Waals surface area (Å²) >= 11 is 0. The Hall–Kier alpha value is -1.53. The van der Waals surface area contributed by atoms with Crippen molar-refractivity contribution in [1.82, 2.24) is 4.90 Å². The minimum atomic E-state index is -4.34. The van der Waals surface area contributed by atoms with Gasteiger partial charge in [-0.15, -0.1) is 0 Å². The molecule has 0 spiro atoms. The third-order valence-corrected chi connectivity index (χ3v) is 2.93. The van der Waals surface area contributed by atoms with E-state index in [0.717, 1.165) is 6.07 Å². The molecule has 0 aliphatic rings. The van der Waals surface area contributed by atoms with Crippen LogP contribution in [0.3, 0.4) is 0 Å². The van der Waals surface area contributed by atoms with Gasteiger partial charge in [0.15, 0.2) is 0 Å². The van der Waals surface area contributed by atoms with Gasteiger partial charge < -0.3 is 4.90 Å². The van der Waals surface area contributed by atoms with Crippen LogP contribution in [0.1, 0.15) is 5.56 Å². The highest BCUT2D eigenvalue weighted by Crippen LogP contribution is 2.23. The average molecular weight is 256 g/mol. The van der Waals surface area contributed by atoms with E-state index in [0.29, 0.717) is 12.1 Å². The summed E-state index contributed by atoms with van der Waals surface area (Å²) in [5, 5.41) is 0. The van der Waals surface area contributed by atoms with Crippen molar-refractivity contribution in [1.29, 1.82) is 0 Å². The van der Waals surface area contributed by atoms with Crippen LogP contribution in [0.25, 0.3) is 0 Å². The zero-order valence-electron chi connectivity index (χ0n) is 9.41. The molecule has 1 aromatic carbocycles. The highest BCUT2D eigenvalue weighted by molar-refractivity contribution is 7.85. The molecule has 0 atom stereocenters. The van der Waals surface area contributed by atoms with Crippen molar-refractivity contribution in [2.24, 2.45) is 4.99 Å².